The molecule has 1 aromatic carbocycles. The van der Waals surface area contributed by atoms with Crippen molar-refractivity contribution in [3.8, 4) is 11.1 Å². The van der Waals surface area contributed by atoms with Gasteiger partial charge in [0.05, 0.1) is 18.5 Å². The Labute approximate surface area is 227 Å². The van der Waals surface area contributed by atoms with E-state index in [9.17, 15) is 13.2 Å². The normalized spacial score (nSPS) is 13.6. The van der Waals surface area contributed by atoms with Gasteiger partial charge in [-0.05, 0) is 0 Å². The van der Waals surface area contributed by atoms with E-state index in [0.717, 1.165) is 12.0 Å². The maximum absolute atomic E-state index is 15.0. The number of ether oxygens (including phenoxy) is 1. The van der Waals surface area contributed by atoms with Crippen LogP contribution in [0.5, 0.6) is 0 Å². The van der Waals surface area contributed by atoms with Crippen LogP contribution in [0.25, 0.3) is 11.1 Å². The van der Waals surface area contributed by atoms with E-state index >= 15 is 4.39 Å². The van der Waals surface area contributed by atoms with Crippen LogP contribution in [-0.4, -0.2) is 79.8 Å². The van der Waals surface area contributed by atoms with Crippen LogP contribution in [-0.2, 0) is 31.0 Å². The molecule has 0 aliphatic carbocycles. The standard InChI is InChI=1S/C23H30FN7O5S.ClH/c1-30(37(2,33)34)10-11-36-29-18-6-8-31(9-7-18)23-27-13-17(14-28-23)19-5-3-4-16(22(19)24)15-35-21(32)12-20(25)26;/h3-5,13-14H,6-12,15H2,1-2H3,(H3,25,26);1H. The number of anilines is 1. The SMILES string of the molecule is CN(CCON=C1CCN(c2ncc(-c3cccc(COC(=O)CC(=N)N)c3F)cn2)CC1)S(C)(=O)=O.Cl. The van der Waals surface area contributed by atoms with Gasteiger partial charge in [0.1, 0.15) is 31.3 Å². The van der Waals surface area contributed by atoms with Gasteiger partial charge < -0.3 is 20.2 Å². The molecule has 38 heavy (non-hydrogen) atoms. The number of carbonyl (C=O) groups excluding carboxylic acids is 1. The Kier molecular flexibility index (Phi) is 11.4. The Balaban J connectivity index is 0.00000507. The lowest BCUT2D eigenvalue weighted by Crippen LogP contribution is -2.35. The van der Waals surface area contributed by atoms with Crippen LogP contribution in [0, 0.1) is 11.2 Å². The number of rotatable bonds is 11. The first kappa shape index (κ1) is 30.9. The number of likely N-dealkylation sites (N-methyl/N-ethyl adjacent to an activating group) is 1. The number of esters is 1. The molecule has 1 saturated heterocycles. The number of halogens is 2. The van der Waals surface area contributed by atoms with Crippen molar-refractivity contribution in [2.45, 2.75) is 25.9 Å². The van der Waals surface area contributed by atoms with E-state index in [1.54, 1.807) is 12.1 Å². The van der Waals surface area contributed by atoms with Crippen molar-refractivity contribution in [1.82, 2.24) is 14.3 Å². The predicted octanol–water partition coefficient (Wildman–Crippen LogP) is 1.94. The third kappa shape index (κ3) is 8.89. The molecule has 15 heteroatoms. The van der Waals surface area contributed by atoms with Crippen LogP contribution in [0.15, 0.2) is 35.7 Å². The second kappa shape index (κ2) is 14.0. The molecule has 0 bridgehead atoms. The van der Waals surface area contributed by atoms with E-state index in [0.29, 0.717) is 37.4 Å². The number of oxime groups is 1. The van der Waals surface area contributed by atoms with Gasteiger partial charge in [0.15, 0.2) is 0 Å². The van der Waals surface area contributed by atoms with E-state index in [1.807, 2.05) is 4.90 Å². The fraction of sp³-hybridized carbons (Fsp3) is 0.435. The number of hydrogen-bond acceptors (Lipinski definition) is 10. The number of piperidine rings is 1. The van der Waals surface area contributed by atoms with E-state index in [4.69, 9.17) is 20.7 Å². The van der Waals surface area contributed by atoms with Crippen molar-refractivity contribution in [3.63, 3.8) is 0 Å². The number of carbonyl (C=O) groups is 1. The lowest BCUT2D eigenvalue weighted by molar-refractivity contribution is -0.143. The monoisotopic (exact) mass is 571 g/mol. The summed E-state index contributed by atoms with van der Waals surface area (Å²) >= 11 is 0. The first-order chi connectivity index (χ1) is 17.5. The van der Waals surface area contributed by atoms with E-state index in [2.05, 4.69) is 15.1 Å². The Morgan fingerprint density at radius 3 is 2.53 bits per heavy atom. The van der Waals surface area contributed by atoms with Crippen LogP contribution in [0.1, 0.15) is 24.8 Å². The van der Waals surface area contributed by atoms with E-state index in [-0.39, 0.29) is 55.5 Å². The molecule has 2 heterocycles. The molecule has 0 spiro atoms. The summed E-state index contributed by atoms with van der Waals surface area (Å²) in [5.74, 6) is -1.06. The topological polar surface area (TPSA) is 164 Å². The van der Waals surface area contributed by atoms with Crippen molar-refractivity contribution in [2.75, 3.05) is 44.4 Å². The van der Waals surface area contributed by atoms with E-state index < -0.39 is 21.8 Å². The Morgan fingerprint density at radius 2 is 1.92 bits per heavy atom. The zero-order chi connectivity index (χ0) is 27.0. The lowest BCUT2D eigenvalue weighted by Gasteiger charge is -2.27. The number of nitrogens with zero attached hydrogens (tertiary/aromatic N) is 5. The molecule has 1 aliphatic rings. The smallest absolute Gasteiger partial charge is 0.313 e. The minimum Gasteiger partial charge on any atom is -0.460 e. The van der Waals surface area contributed by atoms with Gasteiger partial charge in [0.2, 0.25) is 16.0 Å². The molecule has 1 fully saturated rings. The van der Waals surface area contributed by atoms with Crippen molar-refractivity contribution in [3.05, 3.63) is 42.0 Å². The molecule has 208 valence electrons. The second-order valence-corrected chi connectivity index (χ2v) is 10.6. The summed E-state index contributed by atoms with van der Waals surface area (Å²) in [6.45, 7) is 1.36. The molecule has 2 aromatic rings. The van der Waals surface area contributed by atoms with Gasteiger partial charge in [0, 0.05) is 62.1 Å². The van der Waals surface area contributed by atoms with Crippen molar-refractivity contribution >= 4 is 45.9 Å². The summed E-state index contributed by atoms with van der Waals surface area (Å²) in [6, 6.07) is 4.74. The maximum atomic E-state index is 15.0. The van der Waals surface area contributed by atoms with Crippen LogP contribution in [0.2, 0.25) is 0 Å². The predicted molar refractivity (Wildman–Crippen MR) is 143 cm³/mol. The zero-order valence-electron chi connectivity index (χ0n) is 21.1. The summed E-state index contributed by atoms with van der Waals surface area (Å²) in [5.41, 5.74) is 6.98. The highest BCUT2D eigenvalue weighted by Crippen LogP contribution is 2.26. The number of aromatic nitrogens is 2. The van der Waals surface area contributed by atoms with Crippen LogP contribution in [0.3, 0.4) is 0 Å². The molecule has 1 aliphatic heterocycles. The minimum atomic E-state index is -3.25. The number of sulfonamides is 1. The zero-order valence-corrected chi connectivity index (χ0v) is 22.7. The highest BCUT2D eigenvalue weighted by molar-refractivity contribution is 7.88. The van der Waals surface area contributed by atoms with Crippen LogP contribution >= 0.6 is 12.4 Å². The average Bonchev–Trinajstić information content (AvgIpc) is 2.85. The van der Waals surface area contributed by atoms with Gasteiger partial charge in [-0.15, -0.1) is 12.4 Å². The number of benzene rings is 1. The molecule has 1 aromatic heterocycles. The fourth-order valence-corrected chi connectivity index (χ4v) is 3.84. The molecule has 0 amide bonds. The van der Waals surface area contributed by atoms with Gasteiger partial charge in [-0.1, -0.05) is 23.4 Å². The number of amidine groups is 1. The minimum absolute atomic E-state index is 0. The molecule has 0 saturated carbocycles. The summed E-state index contributed by atoms with van der Waals surface area (Å²) < 4.78 is 44.0. The van der Waals surface area contributed by atoms with Gasteiger partial charge in [-0.25, -0.2) is 27.1 Å². The van der Waals surface area contributed by atoms with Gasteiger partial charge >= 0.3 is 5.97 Å². The third-order valence-corrected chi connectivity index (χ3v) is 6.95. The number of hydrogen-bond donors (Lipinski definition) is 2. The number of nitrogens with two attached hydrogens (primary N) is 1. The fourth-order valence-electron chi connectivity index (χ4n) is 3.43. The quantitative estimate of drug-likeness (QED) is 0.135. The summed E-state index contributed by atoms with van der Waals surface area (Å²) in [4.78, 5) is 27.6. The summed E-state index contributed by atoms with van der Waals surface area (Å²) in [6.07, 6.45) is 5.15. The van der Waals surface area contributed by atoms with Crippen LogP contribution < -0.4 is 10.6 Å². The molecule has 3 N–H and O–H groups in total. The third-order valence-electron chi connectivity index (χ3n) is 5.63. The first-order valence-corrected chi connectivity index (χ1v) is 13.3. The van der Waals surface area contributed by atoms with Crippen molar-refractivity contribution in [1.29, 1.82) is 5.41 Å². The molecule has 0 unspecified atom stereocenters. The Morgan fingerprint density at radius 1 is 1.26 bits per heavy atom. The van der Waals surface area contributed by atoms with Crippen molar-refractivity contribution in [2.24, 2.45) is 10.9 Å². The van der Waals surface area contributed by atoms with Gasteiger partial charge in [-0.3, -0.25) is 10.2 Å². The summed E-state index contributed by atoms with van der Waals surface area (Å²) in [7, 11) is -1.76. The molecule has 3 rings (SSSR count). The molecular formula is C23H31ClFN7O5S. The molecule has 12 nitrogen and oxygen atoms in total. The molecule has 0 atom stereocenters. The first-order valence-electron chi connectivity index (χ1n) is 11.5. The van der Waals surface area contributed by atoms with Gasteiger partial charge in [-0.2, -0.15) is 0 Å². The van der Waals surface area contributed by atoms with Crippen LogP contribution in [0.4, 0.5) is 10.3 Å². The van der Waals surface area contributed by atoms with E-state index in [1.165, 1.54) is 29.8 Å². The highest BCUT2D eigenvalue weighted by Gasteiger charge is 2.19. The van der Waals surface area contributed by atoms with Crippen molar-refractivity contribution < 1.29 is 27.2 Å². The Bertz CT molecular complexity index is 1250. The Hall–Kier alpha value is -3.36. The second-order valence-electron chi connectivity index (χ2n) is 8.48. The molecule has 0 radical (unpaired) electrons. The summed E-state index contributed by atoms with van der Waals surface area (Å²) in [5, 5.41) is 11.2. The van der Waals surface area contributed by atoms with Gasteiger partial charge in [0.25, 0.3) is 0 Å². The highest BCUT2D eigenvalue weighted by atomic mass is 35.5. The maximum Gasteiger partial charge on any atom is 0.313 e. The average molecular weight is 572 g/mol. The lowest BCUT2D eigenvalue weighted by atomic mass is 10.0. The largest absolute Gasteiger partial charge is 0.460 e. The number of nitrogens with one attached hydrogen (secondary N) is 1. The molecular weight excluding hydrogens is 541 g/mol.